The van der Waals surface area contributed by atoms with Crippen molar-refractivity contribution in [2.45, 2.75) is 13.0 Å². The number of methoxy groups -OCH3 is 2. The third kappa shape index (κ3) is 4.85. The zero-order valence-corrected chi connectivity index (χ0v) is 16.5. The van der Waals surface area contributed by atoms with Crippen molar-refractivity contribution in [3.8, 4) is 22.6 Å². The van der Waals surface area contributed by atoms with Crippen molar-refractivity contribution in [1.82, 2.24) is 0 Å². The number of anilines is 2. The second-order valence-corrected chi connectivity index (χ2v) is 6.48. The van der Waals surface area contributed by atoms with Gasteiger partial charge in [0.1, 0.15) is 23.4 Å². The molecule has 5 nitrogen and oxygen atoms in total. The molecule has 1 atom stereocenters. The van der Waals surface area contributed by atoms with E-state index in [2.05, 4.69) is 10.6 Å². The van der Waals surface area contributed by atoms with Crippen LogP contribution in [0.2, 0.25) is 0 Å². The summed E-state index contributed by atoms with van der Waals surface area (Å²) in [5.41, 5.74) is 2.73. The third-order valence-electron chi connectivity index (χ3n) is 4.51. The van der Waals surface area contributed by atoms with Crippen LogP contribution in [0.1, 0.15) is 6.92 Å². The van der Waals surface area contributed by atoms with Gasteiger partial charge in [0.25, 0.3) is 0 Å². The minimum atomic E-state index is -0.577. The maximum Gasteiger partial charge on any atom is 0.246 e. The van der Waals surface area contributed by atoms with Crippen molar-refractivity contribution in [1.29, 1.82) is 0 Å². The van der Waals surface area contributed by atoms with Gasteiger partial charge in [0.05, 0.1) is 19.9 Å². The molecule has 0 spiro atoms. The second kappa shape index (κ2) is 9.10. The van der Waals surface area contributed by atoms with Gasteiger partial charge in [-0.05, 0) is 55.0 Å². The van der Waals surface area contributed by atoms with Crippen LogP contribution < -0.4 is 20.1 Å². The van der Waals surface area contributed by atoms with Crippen molar-refractivity contribution >= 4 is 17.3 Å². The number of amides is 1. The summed E-state index contributed by atoms with van der Waals surface area (Å²) in [6.45, 7) is 1.72. The third-order valence-corrected chi connectivity index (χ3v) is 4.51. The van der Waals surface area contributed by atoms with Gasteiger partial charge in [0, 0.05) is 11.3 Å². The van der Waals surface area contributed by atoms with E-state index in [-0.39, 0.29) is 11.6 Å². The van der Waals surface area contributed by atoms with Crippen LogP contribution in [0.15, 0.2) is 66.7 Å². The van der Waals surface area contributed by atoms with E-state index in [9.17, 15) is 9.18 Å². The van der Waals surface area contributed by atoms with E-state index in [0.717, 1.165) is 22.6 Å². The molecule has 0 bridgehead atoms. The molecule has 3 rings (SSSR count). The highest BCUT2D eigenvalue weighted by molar-refractivity contribution is 5.96. The zero-order chi connectivity index (χ0) is 20.8. The van der Waals surface area contributed by atoms with Crippen molar-refractivity contribution in [3.05, 3.63) is 72.5 Å². The summed E-state index contributed by atoms with van der Waals surface area (Å²) in [4.78, 5) is 12.4. The summed E-state index contributed by atoms with van der Waals surface area (Å²) >= 11 is 0. The molecule has 2 N–H and O–H groups in total. The van der Waals surface area contributed by atoms with Gasteiger partial charge in [-0.15, -0.1) is 0 Å². The number of ether oxygens (including phenoxy) is 2. The topological polar surface area (TPSA) is 59.6 Å². The lowest BCUT2D eigenvalue weighted by molar-refractivity contribution is -0.116. The Morgan fingerprint density at radius 1 is 0.966 bits per heavy atom. The molecule has 0 radical (unpaired) electrons. The molecule has 0 fully saturated rings. The lowest BCUT2D eigenvalue weighted by Crippen LogP contribution is -2.32. The molecule has 0 aliphatic rings. The monoisotopic (exact) mass is 394 g/mol. The van der Waals surface area contributed by atoms with Gasteiger partial charge >= 0.3 is 0 Å². The van der Waals surface area contributed by atoms with Gasteiger partial charge in [-0.3, -0.25) is 4.79 Å². The van der Waals surface area contributed by atoms with E-state index in [0.29, 0.717) is 5.75 Å². The molecule has 0 aliphatic carbocycles. The van der Waals surface area contributed by atoms with Crippen molar-refractivity contribution in [2.24, 2.45) is 0 Å². The minimum Gasteiger partial charge on any atom is -0.497 e. The normalized spacial score (nSPS) is 11.4. The van der Waals surface area contributed by atoms with Crippen molar-refractivity contribution in [3.63, 3.8) is 0 Å². The SMILES string of the molecule is COc1ccc(-c2cc(N[C@H](C)C(=O)Nc3ccccc3F)ccc2OC)cc1. The highest BCUT2D eigenvalue weighted by Crippen LogP contribution is 2.33. The van der Waals surface area contributed by atoms with Crippen molar-refractivity contribution < 1.29 is 18.7 Å². The summed E-state index contributed by atoms with van der Waals surface area (Å²) in [6.07, 6.45) is 0. The smallest absolute Gasteiger partial charge is 0.246 e. The average molecular weight is 394 g/mol. The van der Waals surface area contributed by atoms with Gasteiger partial charge in [-0.1, -0.05) is 24.3 Å². The van der Waals surface area contributed by atoms with E-state index in [1.165, 1.54) is 12.1 Å². The van der Waals surface area contributed by atoms with E-state index >= 15 is 0 Å². The van der Waals surface area contributed by atoms with E-state index in [1.807, 2.05) is 42.5 Å². The fourth-order valence-corrected chi connectivity index (χ4v) is 2.91. The molecule has 0 saturated carbocycles. The molecule has 0 aliphatic heterocycles. The summed E-state index contributed by atoms with van der Waals surface area (Å²) < 4.78 is 24.4. The van der Waals surface area contributed by atoms with Crippen LogP contribution in [-0.4, -0.2) is 26.2 Å². The molecule has 1 amide bonds. The summed E-state index contributed by atoms with van der Waals surface area (Å²) in [6, 6.07) is 18.7. The predicted molar refractivity (Wildman–Crippen MR) is 113 cm³/mol. The number of rotatable bonds is 7. The lowest BCUT2D eigenvalue weighted by atomic mass is 10.0. The number of nitrogens with one attached hydrogen (secondary N) is 2. The standard InChI is InChI=1S/C23H23FN2O3/c1-15(23(27)26-21-7-5-4-6-20(21)24)25-17-10-13-22(29-3)19(14-17)16-8-11-18(28-2)12-9-16/h4-15,25H,1-3H3,(H,26,27)/t15-/m1/s1. The Hall–Kier alpha value is -3.54. The first-order valence-electron chi connectivity index (χ1n) is 9.16. The van der Waals surface area contributed by atoms with Crippen LogP contribution in [0, 0.1) is 5.82 Å². The Kier molecular flexibility index (Phi) is 6.34. The average Bonchev–Trinajstić information content (AvgIpc) is 2.75. The summed E-state index contributed by atoms with van der Waals surface area (Å²) in [5.74, 6) is 0.667. The molecule has 3 aromatic carbocycles. The molecule has 150 valence electrons. The number of hydrogen-bond donors (Lipinski definition) is 2. The molecular weight excluding hydrogens is 371 g/mol. The molecular formula is C23H23FN2O3. The summed E-state index contributed by atoms with van der Waals surface area (Å²) in [5, 5.41) is 5.75. The van der Waals surface area contributed by atoms with Crippen LogP contribution in [0.5, 0.6) is 11.5 Å². The van der Waals surface area contributed by atoms with E-state index in [4.69, 9.17) is 9.47 Å². The molecule has 0 aromatic heterocycles. The fraction of sp³-hybridized carbons (Fsp3) is 0.174. The first kappa shape index (κ1) is 20.2. The van der Waals surface area contributed by atoms with E-state index < -0.39 is 11.9 Å². The fourth-order valence-electron chi connectivity index (χ4n) is 2.91. The Morgan fingerprint density at radius 3 is 2.34 bits per heavy atom. The number of hydrogen-bond acceptors (Lipinski definition) is 4. The van der Waals surface area contributed by atoms with Crippen LogP contribution in [-0.2, 0) is 4.79 Å². The largest absolute Gasteiger partial charge is 0.497 e. The van der Waals surface area contributed by atoms with Gasteiger partial charge in [-0.25, -0.2) is 4.39 Å². The van der Waals surface area contributed by atoms with Gasteiger partial charge in [0.2, 0.25) is 5.91 Å². The van der Waals surface area contributed by atoms with Crippen LogP contribution in [0.3, 0.4) is 0 Å². The molecule has 3 aromatic rings. The van der Waals surface area contributed by atoms with Crippen LogP contribution in [0.25, 0.3) is 11.1 Å². The number of halogens is 1. The van der Waals surface area contributed by atoms with Crippen molar-refractivity contribution in [2.75, 3.05) is 24.9 Å². The predicted octanol–water partition coefficient (Wildman–Crippen LogP) is 4.95. The molecule has 6 heteroatoms. The zero-order valence-electron chi connectivity index (χ0n) is 16.5. The Bertz CT molecular complexity index is 990. The summed E-state index contributed by atoms with van der Waals surface area (Å²) in [7, 11) is 3.23. The number of carbonyl (C=O) groups is 1. The number of para-hydroxylation sites is 1. The van der Waals surface area contributed by atoms with E-state index in [1.54, 1.807) is 33.3 Å². The molecule has 29 heavy (non-hydrogen) atoms. The Balaban J connectivity index is 1.78. The molecule has 0 heterocycles. The Labute approximate surface area is 169 Å². The minimum absolute atomic E-state index is 0.153. The maximum atomic E-state index is 13.8. The highest BCUT2D eigenvalue weighted by Gasteiger charge is 2.16. The van der Waals surface area contributed by atoms with Crippen LogP contribution in [0.4, 0.5) is 15.8 Å². The number of carbonyl (C=O) groups excluding carboxylic acids is 1. The van der Waals surface area contributed by atoms with Gasteiger partial charge in [0.15, 0.2) is 0 Å². The lowest BCUT2D eigenvalue weighted by Gasteiger charge is -2.17. The second-order valence-electron chi connectivity index (χ2n) is 6.48. The quantitative estimate of drug-likeness (QED) is 0.595. The first-order chi connectivity index (χ1) is 14.0. The maximum absolute atomic E-state index is 13.8. The molecule has 0 saturated heterocycles. The first-order valence-corrected chi connectivity index (χ1v) is 9.16. The molecule has 0 unspecified atom stereocenters. The number of benzene rings is 3. The Morgan fingerprint density at radius 2 is 1.69 bits per heavy atom. The highest BCUT2D eigenvalue weighted by atomic mass is 19.1. The van der Waals surface area contributed by atoms with Crippen LogP contribution >= 0.6 is 0 Å². The van der Waals surface area contributed by atoms with Gasteiger partial charge in [-0.2, -0.15) is 0 Å². The van der Waals surface area contributed by atoms with Gasteiger partial charge < -0.3 is 20.1 Å².